The Hall–Kier alpha value is -2.03. The predicted octanol–water partition coefficient (Wildman–Crippen LogP) is 1.33. The minimum absolute atomic E-state index is 0.628. The second-order valence-electron chi connectivity index (χ2n) is 3.34. The van der Waals surface area contributed by atoms with Crippen molar-refractivity contribution in [2.24, 2.45) is 0 Å². The van der Waals surface area contributed by atoms with Crippen LogP contribution in [0.1, 0.15) is 13.8 Å². The van der Waals surface area contributed by atoms with Crippen LogP contribution >= 0.6 is 11.8 Å². The van der Waals surface area contributed by atoms with Crippen molar-refractivity contribution in [2.75, 3.05) is 30.0 Å². The number of nitrogens with one attached hydrogen (secondary N) is 2. The lowest BCUT2D eigenvalue weighted by Crippen LogP contribution is -2.09. The number of anilines is 2. The fraction of sp³-hybridized carbons (Fsp3) is 0.455. The van der Waals surface area contributed by atoms with Crippen molar-refractivity contribution in [1.82, 2.24) is 30.4 Å². The largest absolute Gasteiger partial charge is 0.354 e. The smallest absolute Gasteiger partial charge is 0.228 e. The summed E-state index contributed by atoms with van der Waals surface area (Å²) in [4.78, 5) is 12.6. The van der Waals surface area contributed by atoms with Crippen LogP contribution in [0.3, 0.4) is 0 Å². The van der Waals surface area contributed by atoms with Crippen molar-refractivity contribution in [2.45, 2.75) is 19.0 Å². The molecule has 0 radical (unpaired) electrons. The van der Waals surface area contributed by atoms with Crippen molar-refractivity contribution >= 4 is 23.7 Å². The molecule has 2 rings (SSSR count). The zero-order valence-electron chi connectivity index (χ0n) is 11.7. The predicted molar refractivity (Wildman–Crippen MR) is 79.8 cm³/mol. The highest BCUT2D eigenvalue weighted by Gasteiger charge is 2.03. The van der Waals surface area contributed by atoms with Gasteiger partial charge in [-0.05, 0) is 31.4 Å². The average molecular weight is 294 g/mol. The van der Waals surface area contributed by atoms with Gasteiger partial charge >= 0.3 is 0 Å². The highest BCUT2D eigenvalue weighted by atomic mass is 32.2. The van der Waals surface area contributed by atoms with Crippen molar-refractivity contribution < 1.29 is 0 Å². The zero-order chi connectivity index (χ0) is 14.6. The molecule has 2 aromatic heterocycles. The number of rotatable bonds is 5. The first kappa shape index (κ1) is 16.0. The number of hydrogen-bond donors (Lipinski definition) is 2. The Morgan fingerprint density at radius 2 is 1.50 bits per heavy atom. The fourth-order valence-electron chi connectivity index (χ4n) is 1.13. The molecule has 9 heteroatoms. The molecule has 2 N–H and O–H groups in total. The van der Waals surface area contributed by atoms with Crippen molar-refractivity contribution in [1.29, 1.82) is 0 Å². The minimum atomic E-state index is 0.628. The molecule has 0 amide bonds. The van der Waals surface area contributed by atoms with Crippen LogP contribution in [0.5, 0.6) is 0 Å². The molecule has 0 fully saturated rings. The van der Waals surface area contributed by atoms with E-state index >= 15 is 0 Å². The molecule has 0 bridgehead atoms. The highest BCUT2D eigenvalue weighted by Crippen LogP contribution is 2.12. The molecule has 0 saturated carbocycles. The molecule has 0 unspecified atom stereocenters. The SMILES string of the molecule is CCNc1nc(NCC)nc(SC)n1.c1cnnnc1. The average Bonchev–Trinajstić information content (AvgIpc) is 2.50. The van der Waals surface area contributed by atoms with E-state index in [2.05, 4.69) is 41.0 Å². The van der Waals surface area contributed by atoms with Crippen molar-refractivity contribution in [3.8, 4) is 0 Å². The molecular formula is C11H18N8S. The van der Waals surface area contributed by atoms with E-state index in [1.54, 1.807) is 18.5 Å². The van der Waals surface area contributed by atoms with E-state index in [0.717, 1.165) is 18.2 Å². The monoisotopic (exact) mass is 294 g/mol. The molecule has 0 aromatic carbocycles. The summed E-state index contributed by atoms with van der Waals surface area (Å²) in [6, 6.07) is 1.72. The maximum absolute atomic E-state index is 4.21. The Labute approximate surface area is 122 Å². The summed E-state index contributed by atoms with van der Waals surface area (Å²) in [6.07, 6.45) is 5.10. The van der Waals surface area contributed by atoms with Gasteiger partial charge in [0.2, 0.25) is 11.9 Å². The van der Waals surface area contributed by atoms with Crippen LogP contribution in [-0.4, -0.2) is 49.7 Å². The zero-order valence-corrected chi connectivity index (χ0v) is 12.6. The first-order chi connectivity index (χ1) is 9.80. The highest BCUT2D eigenvalue weighted by molar-refractivity contribution is 7.98. The van der Waals surface area contributed by atoms with E-state index in [1.807, 2.05) is 20.1 Å². The number of aromatic nitrogens is 6. The molecule has 0 atom stereocenters. The van der Waals surface area contributed by atoms with Gasteiger partial charge in [-0.2, -0.15) is 15.0 Å². The summed E-state index contributed by atoms with van der Waals surface area (Å²) in [6.45, 7) is 5.64. The normalized spacial score (nSPS) is 9.35. The topological polar surface area (TPSA) is 101 Å². The Bertz CT molecular complexity index is 430. The molecule has 0 aliphatic heterocycles. The van der Waals surface area contributed by atoms with Gasteiger partial charge in [-0.15, -0.1) is 10.2 Å². The maximum Gasteiger partial charge on any atom is 0.228 e. The fourth-order valence-corrected chi connectivity index (χ4v) is 1.48. The van der Waals surface area contributed by atoms with Crippen LogP contribution in [0.25, 0.3) is 0 Å². The molecular weight excluding hydrogens is 276 g/mol. The summed E-state index contributed by atoms with van der Waals surface area (Å²) >= 11 is 1.51. The van der Waals surface area contributed by atoms with Gasteiger partial charge in [-0.3, -0.25) is 0 Å². The summed E-state index contributed by atoms with van der Waals surface area (Å²) in [5.41, 5.74) is 0. The van der Waals surface area contributed by atoms with Crippen molar-refractivity contribution in [3.63, 3.8) is 0 Å². The van der Waals surface area contributed by atoms with Crippen molar-refractivity contribution in [3.05, 3.63) is 18.5 Å². The van der Waals surface area contributed by atoms with E-state index in [4.69, 9.17) is 0 Å². The van der Waals surface area contributed by atoms with E-state index in [1.165, 1.54) is 11.8 Å². The lowest BCUT2D eigenvalue weighted by Gasteiger charge is -2.06. The number of nitrogens with zero attached hydrogens (tertiary/aromatic N) is 6. The molecule has 2 aromatic rings. The van der Waals surface area contributed by atoms with Crippen LogP contribution < -0.4 is 10.6 Å². The summed E-state index contributed by atoms with van der Waals surface area (Å²) in [7, 11) is 0. The summed E-state index contributed by atoms with van der Waals surface area (Å²) < 4.78 is 0. The third-order valence-electron chi connectivity index (χ3n) is 1.88. The molecule has 8 nitrogen and oxygen atoms in total. The van der Waals surface area contributed by atoms with Crippen LogP contribution in [0.2, 0.25) is 0 Å². The van der Waals surface area contributed by atoms with E-state index in [-0.39, 0.29) is 0 Å². The van der Waals surface area contributed by atoms with E-state index < -0.39 is 0 Å². The minimum Gasteiger partial charge on any atom is -0.354 e. The van der Waals surface area contributed by atoms with Gasteiger partial charge < -0.3 is 10.6 Å². The first-order valence-electron chi connectivity index (χ1n) is 6.16. The summed E-state index contributed by atoms with van der Waals surface area (Å²) in [5.74, 6) is 1.26. The standard InChI is InChI=1S/C8H15N5S.C3H3N3/c1-4-9-6-11-7(10-5-2)13-8(12-6)14-3;1-2-4-6-5-3-1/h4-5H2,1-3H3,(H2,9,10,11,12,13);1-3H. The van der Waals surface area contributed by atoms with Gasteiger partial charge in [0.1, 0.15) is 0 Å². The molecule has 0 saturated heterocycles. The molecule has 0 aliphatic carbocycles. The van der Waals surface area contributed by atoms with E-state index in [0.29, 0.717) is 11.9 Å². The first-order valence-corrected chi connectivity index (χ1v) is 7.38. The van der Waals surface area contributed by atoms with E-state index in [9.17, 15) is 0 Å². The van der Waals surface area contributed by atoms with Gasteiger partial charge in [0.25, 0.3) is 0 Å². The summed E-state index contributed by atoms with van der Waals surface area (Å²) in [5, 5.41) is 17.0. The van der Waals surface area contributed by atoms with Crippen LogP contribution in [0, 0.1) is 0 Å². The Morgan fingerprint density at radius 3 is 1.80 bits per heavy atom. The third kappa shape index (κ3) is 6.23. The van der Waals surface area contributed by atoms with Gasteiger partial charge in [-0.1, -0.05) is 11.8 Å². The molecule has 20 heavy (non-hydrogen) atoms. The van der Waals surface area contributed by atoms with Gasteiger partial charge in [0, 0.05) is 13.1 Å². The van der Waals surface area contributed by atoms with Crippen LogP contribution in [0.4, 0.5) is 11.9 Å². The Kier molecular flexibility index (Phi) is 7.89. The lowest BCUT2D eigenvalue weighted by molar-refractivity contribution is 0.865. The molecule has 108 valence electrons. The molecule has 0 spiro atoms. The van der Waals surface area contributed by atoms with Crippen LogP contribution in [0.15, 0.2) is 23.6 Å². The number of hydrogen-bond acceptors (Lipinski definition) is 9. The molecule has 0 aliphatic rings. The molecule has 2 heterocycles. The van der Waals surface area contributed by atoms with Gasteiger partial charge in [-0.25, -0.2) is 0 Å². The second kappa shape index (κ2) is 9.84. The third-order valence-corrected chi connectivity index (χ3v) is 2.42. The second-order valence-corrected chi connectivity index (χ2v) is 4.11. The lowest BCUT2D eigenvalue weighted by atomic mass is 10.7. The number of thioether (sulfide) groups is 1. The van der Waals surface area contributed by atoms with Gasteiger partial charge in [0.05, 0.1) is 12.4 Å². The van der Waals surface area contributed by atoms with Crippen LogP contribution in [-0.2, 0) is 0 Å². The Balaban J connectivity index is 0.000000276. The maximum atomic E-state index is 4.21. The Morgan fingerprint density at radius 1 is 0.950 bits per heavy atom. The quantitative estimate of drug-likeness (QED) is 0.790. The van der Waals surface area contributed by atoms with Gasteiger partial charge in [0.15, 0.2) is 5.16 Å².